The van der Waals surface area contributed by atoms with E-state index >= 15 is 0 Å². The van der Waals surface area contributed by atoms with Crippen molar-refractivity contribution in [3.63, 3.8) is 0 Å². The summed E-state index contributed by atoms with van der Waals surface area (Å²) in [5.41, 5.74) is 0. The van der Waals surface area contributed by atoms with Gasteiger partial charge in [0.2, 0.25) is 0 Å². The predicted molar refractivity (Wildman–Crippen MR) is 73.7 cm³/mol. The number of unbranched alkanes of at least 4 members (excludes halogenated alkanes) is 1. The summed E-state index contributed by atoms with van der Waals surface area (Å²) in [7, 11) is 1.71. The number of hydrogen-bond acceptors (Lipinski definition) is 5. The van der Waals surface area contributed by atoms with Crippen molar-refractivity contribution in [1.82, 2.24) is 5.32 Å². The van der Waals surface area contributed by atoms with E-state index in [1.807, 2.05) is 20.8 Å². The molecular weight excluding hydrogens is 246 g/mol. The van der Waals surface area contributed by atoms with Crippen LogP contribution in [0.4, 0.5) is 0 Å². The van der Waals surface area contributed by atoms with Gasteiger partial charge in [-0.25, -0.2) is 4.79 Å². The van der Waals surface area contributed by atoms with Crippen LogP contribution in [-0.4, -0.2) is 37.7 Å². The van der Waals surface area contributed by atoms with Crippen LogP contribution >= 0.6 is 0 Å². The van der Waals surface area contributed by atoms with Crippen LogP contribution in [0.25, 0.3) is 0 Å². The molecule has 0 saturated carbocycles. The molecule has 0 aliphatic heterocycles. The molecule has 0 radical (unpaired) electrons. The average Bonchev–Trinajstić information content (AvgIpc) is 2.35. The number of nitrogens with one attached hydrogen (secondary N) is 1. The minimum absolute atomic E-state index is 0.372. The molecular formula is C14H27NO4. The molecule has 5 heteroatoms. The van der Waals surface area contributed by atoms with Gasteiger partial charge in [0.25, 0.3) is 0 Å². The summed E-state index contributed by atoms with van der Waals surface area (Å²) in [6.07, 6.45) is 1.59. The summed E-state index contributed by atoms with van der Waals surface area (Å²) >= 11 is 0. The summed E-state index contributed by atoms with van der Waals surface area (Å²) in [5, 5.41) is 2.90. The van der Waals surface area contributed by atoms with E-state index in [2.05, 4.69) is 5.32 Å². The van der Waals surface area contributed by atoms with Crippen LogP contribution < -0.4 is 5.32 Å². The standard InChI is InChI=1S/C14H27NO4/c1-6-7-8-18-13(16)11(4)19-14(17)12(15-5)9-10(2)3/h10-12,15H,6-9H2,1-5H3/t11-,12+/m1/s1. The van der Waals surface area contributed by atoms with Gasteiger partial charge in [-0.15, -0.1) is 0 Å². The van der Waals surface area contributed by atoms with Crippen LogP contribution in [0, 0.1) is 5.92 Å². The summed E-state index contributed by atoms with van der Waals surface area (Å²) in [5.74, 6) is -0.519. The van der Waals surface area contributed by atoms with Crippen molar-refractivity contribution in [2.24, 2.45) is 5.92 Å². The normalized spacial score (nSPS) is 14.0. The summed E-state index contributed by atoms with van der Waals surface area (Å²) in [6, 6.07) is -0.383. The van der Waals surface area contributed by atoms with Crippen molar-refractivity contribution in [3.8, 4) is 0 Å². The van der Waals surface area contributed by atoms with E-state index in [0.29, 0.717) is 18.9 Å². The number of hydrogen-bond donors (Lipinski definition) is 1. The highest BCUT2D eigenvalue weighted by Crippen LogP contribution is 2.08. The van der Waals surface area contributed by atoms with Gasteiger partial charge in [-0.05, 0) is 32.7 Å². The van der Waals surface area contributed by atoms with Gasteiger partial charge in [0.1, 0.15) is 6.04 Å². The van der Waals surface area contributed by atoms with E-state index in [-0.39, 0.29) is 6.04 Å². The van der Waals surface area contributed by atoms with Crippen LogP contribution in [-0.2, 0) is 19.1 Å². The molecule has 112 valence electrons. The van der Waals surface area contributed by atoms with E-state index in [4.69, 9.17) is 9.47 Å². The molecule has 2 atom stereocenters. The van der Waals surface area contributed by atoms with Gasteiger partial charge < -0.3 is 14.8 Å². The second kappa shape index (κ2) is 9.78. The first-order valence-corrected chi connectivity index (χ1v) is 6.96. The maximum Gasteiger partial charge on any atom is 0.347 e. The van der Waals surface area contributed by atoms with Gasteiger partial charge in [0.15, 0.2) is 6.10 Å². The van der Waals surface area contributed by atoms with Gasteiger partial charge in [-0.1, -0.05) is 27.2 Å². The quantitative estimate of drug-likeness (QED) is 0.513. The SMILES string of the molecule is CCCCOC(=O)[C@@H](C)OC(=O)[C@H](CC(C)C)NC. The van der Waals surface area contributed by atoms with Crippen LogP contribution in [0.5, 0.6) is 0 Å². The largest absolute Gasteiger partial charge is 0.463 e. The van der Waals surface area contributed by atoms with Gasteiger partial charge in [0.05, 0.1) is 6.61 Å². The molecule has 0 aromatic heterocycles. The van der Waals surface area contributed by atoms with Crippen molar-refractivity contribution < 1.29 is 19.1 Å². The zero-order valence-electron chi connectivity index (χ0n) is 12.7. The number of rotatable bonds is 9. The number of ether oxygens (including phenoxy) is 2. The van der Waals surface area contributed by atoms with E-state index in [9.17, 15) is 9.59 Å². The Bertz CT molecular complexity index is 279. The number of carbonyl (C=O) groups excluding carboxylic acids is 2. The Hall–Kier alpha value is -1.10. The lowest BCUT2D eigenvalue weighted by Gasteiger charge is -2.19. The fourth-order valence-corrected chi connectivity index (χ4v) is 1.54. The Kier molecular flexibility index (Phi) is 9.21. The molecule has 0 amide bonds. The first-order valence-electron chi connectivity index (χ1n) is 6.96. The minimum atomic E-state index is -0.854. The third-order valence-electron chi connectivity index (χ3n) is 2.71. The van der Waals surface area contributed by atoms with E-state index < -0.39 is 18.0 Å². The van der Waals surface area contributed by atoms with Crippen LogP contribution in [0.3, 0.4) is 0 Å². The smallest absolute Gasteiger partial charge is 0.347 e. The van der Waals surface area contributed by atoms with Crippen molar-refractivity contribution in [2.45, 2.75) is 59.1 Å². The fraction of sp³-hybridized carbons (Fsp3) is 0.857. The maximum absolute atomic E-state index is 11.9. The molecule has 0 bridgehead atoms. The Labute approximate surface area is 116 Å². The molecule has 0 fully saturated rings. The van der Waals surface area contributed by atoms with Crippen molar-refractivity contribution in [1.29, 1.82) is 0 Å². The Morgan fingerprint density at radius 1 is 1.16 bits per heavy atom. The highest BCUT2D eigenvalue weighted by molar-refractivity contribution is 5.81. The Morgan fingerprint density at radius 2 is 1.79 bits per heavy atom. The number of esters is 2. The van der Waals surface area contributed by atoms with Gasteiger partial charge in [0, 0.05) is 0 Å². The molecule has 0 aliphatic rings. The topological polar surface area (TPSA) is 64.6 Å². The van der Waals surface area contributed by atoms with E-state index in [1.165, 1.54) is 6.92 Å². The van der Waals surface area contributed by atoms with Crippen molar-refractivity contribution >= 4 is 11.9 Å². The lowest BCUT2D eigenvalue weighted by Crippen LogP contribution is -2.40. The van der Waals surface area contributed by atoms with Crippen molar-refractivity contribution in [2.75, 3.05) is 13.7 Å². The summed E-state index contributed by atoms with van der Waals surface area (Å²) in [4.78, 5) is 23.4. The summed E-state index contributed by atoms with van der Waals surface area (Å²) in [6.45, 7) is 7.98. The molecule has 19 heavy (non-hydrogen) atoms. The molecule has 5 nitrogen and oxygen atoms in total. The molecule has 0 saturated heterocycles. The first kappa shape index (κ1) is 17.9. The molecule has 0 rings (SSSR count). The predicted octanol–water partition coefficient (Wildman–Crippen LogP) is 1.90. The highest BCUT2D eigenvalue weighted by Gasteiger charge is 2.25. The monoisotopic (exact) mass is 273 g/mol. The molecule has 1 N–H and O–H groups in total. The van der Waals surface area contributed by atoms with Gasteiger partial charge in [-0.3, -0.25) is 4.79 Å². The number of carbonyl (C=O) groups is 2. The zero-order chi connectivity index (χ0) is 14.8. The fourth-order valence-electron chi connectivity index (χ4n) is 1.54. The van der Waals surface area contributed by atoms with Crippen LogP contribution in [0.1, 0.15) is 47.0 Å². The average molecular weight is 273 g/mol. The zero-order valence-corrected chi connectivity index (χ0v) is 12.7. The van der Waals surface area contributed by atoms with Gasteiger partial charge in [-0.2, -0.15) is 0 Å². The highest BCUT2D eigenvalue weighted by atomic mass is 16.6. The molecule has 0 unspecified atom stereocenters. The Morgan fingerprint density at radius 3 is 2.26 bits per heavy atom. The Balaban J connectivity index is 4.18. The minimum Gasteiger partial charge on any atom is -0.463 e. The van der Waals surface area contributed by atoms with Crippen LogP contribution in [0.15, 0.2) is 0 Å². The lowest BCUT2D eigenvalue weighted by molar-refractivity contribution is -0.168. The van der Waals surface area contributed by atoms with Crippen LogP contribution in [0.2, 0.25) is 0 Å². The van der Waals surface area contributed by atoms with E-state index in [0.717, 1.165) is 12.8 Å². The number of likely N-dealkylation sites (N-methyl/N-ethyl adjacent to an activating group) is 1. The molecule has 0 aromatic rings. The second-order valence-corrected chi connectivity index (χ2v) is 5.07. The third kappa shape index (κ3) is 7.82. The van der Waals surface area contributed by atoms with E-state index in [1.54, 1.807) is 7.05 Å². The first-order chi connectivity index (χ1) is 8.92. The third-order valence-corrected chi connectivity index (χ3v) is 2.71. The molecule has 0 aliphatic carbocycles. The molecule has 0 heterocycles. The van der Waals surface area contributed by atoms with Gasteiger partial charge >= 0.3 is 11.9 Å². The maximum atomic E-state index is 11.9. The summed E-state index contributed by atoms with van der Waals surface area (Å²) < 4.78 is 10.1. The van der Waals surface area contributed by atoms with Crippen molar-refractivity contribution in [3.05, 3.63) is 0 Å². The lowest BCUT2D eigenvalue weighted by atomic mass is 10.0. The molecule has 0 aromatic carbocycles. The molecule has 0 spiro atoms. The second-order valence-electron chi connectivity index (χ2n) is 5.07.